The summed E-state index contributed by atoms with van der Waals surface area (Å²) >= 11 is 0. The monoisotopic (exact) mass is 590 g/mol. The summed E-state index contributed by atoms with van der Waals surface area (Å²) in [4.78, 5) is 41.5. The van der Waals surface area contributed by atoms with Crippen LogP contribution in [0.5, 0.6) is 0 Å². The zero-order chi connectivity index (χ0) is 30.1. The zero-order valence-electron chi connectivity index (χ0n) is 24.9. The summed E-state index contributed by atoms with van der Waals surface area (Å²) in [6.45, 7) is 10.4. The van der Waals surface area contributed by atoms with Gasteiger partial charge in [-0.05, 0) is 54.1 Å². The molecule has 2 heterocycles. The number of hydrogen-bond donors (Lipinski definition) is 3. The fourth-order valence-electron chi connectivity index (χ4n) is 6.65. The van der Waals surface area contributed by atoms with Gasteiger partial charge in [0.05, 0.1) is 4.90 Å². The van der Waals surface area contributed by atoms with Crippen LogP contribution < -0.4 is 10.6 Å². The molecule has 0 aromatic heterocycles. The fourth-order valence-corrected chi connectivity index (χ4v) is 8.30. The summed E-state index contributed by atoms with van der Waals surface area (Å²) < 4.78 is 27.8. The number of aliphatic carboxylic acids is 1. The Morgan fingerprint density at radius 1 is 1.02 bits per heavy atom. The van der Waals surface area contributed by atoms with Crippen molar-refractivity contribution in [3.05, 3.63) is 29.8 Å². The Labute approximate surface area is 244 Å². The first-order chi connectivity index (χ1) is 19.2. The number of nitrogens with zero attached hydrogens (tertiary/aromatic N) is 2. The van der Waals surface area contributed by atoms with Gasteiger partial charge in [-0.1, -0.05) is 72.1 Å². The van der Waals surface area contributed by atoms with Crippen molar-refractivity contribution in [2.45, 2.75) is 103 Å². The lowest BCUT2D eigenvalue weighted by Gasteiger charge is -2.37. The number of hydrogen-bond acceptors (Lipinski definition) is 5. The summed E-state index contributed by atoms with van der Waals surface area (Å²) in [6.07, 6.45) is 5.15. The zero-order valence-corrected chi connectivity index (χ0v) is 25.7. The van der Waals surface area contributed by atoms with Gasteiger partial charge in [-0.15, -0.1) is 0 Å². The first-order valence-electron chi connectivity index (χ1n) is 14.9. The lowest BCUT2D eigenvalue weighted by molar-refractivity contribution is -0.151. The van der Waals surface area contributed by atoms with Crippen LogP contribution >= 0.6 is 0 Å². The van der Waals surface area contributed by atoms with E-state index in [1.165, 1.54) is 9.21 Å². The quantitative estimate of drug-likeness (QED) is 0.421. The van der Waals surface area contributed by atoms with Gasteiger partial charge in [-0.3, -0.25) is 4.79 Å². The van der Waals surface area contributed by atoms with Gasteiger partial charge < -0.3 is 20.6 Å². The molecule has 2 fully saturated rings. The molecule has 3 amide bonds. The summed E-state index contributed by atoms with van der Waals surface area (Å²) in [5.74, 6) is -1.47. The standard InChI is InChI=1S/C30H46N4O6S/c1-19(2)22-15-16-34(26(22)28(36)37)27(35)25(20-11-7-6-8-12-20)32-29(38)31-24(30(3,4)5)18-33-17-21-13-9-10-14-23(21)41(33,39)40/h9-10,13-14,19-20,22,24-26H,6-8,11-12,15-18H2,1-5H3,(H,36,37)(H2,31,32,38)/t22-,24-,25+,26+/m1/s1. The molecule has 228 valence electrons. The minimum Gasteiger partial charge on any atom is -0.480 e. The van der Waals surface area contributed by atoms with Crippen LogP contribution in [0.3, 0.4) is 0 Å². The SMILES string of the molecule is CC(C)[C@H]1CCN(C(=O)[C@@H](NC(=O)N[C@H](CN2Cc3ccccc3S2(=O)=O)C(C)(C)C)C2CCCCC2)[C@@H]1C(=O)O. The Kier molecular flexibility index (Phi) is 9.38. The van der Waals surface area contributed by atoms with Gasteiger partial charge in [0.15, 0.2) is 0 Å². The van der Waals surface area contributed by atoms with E-state index in [0.717, 1.165) is 37.7 Å². The van der Waals surface area contributed by atoms with Crippen LogP contribution in [0.15, 0.2) is 29.2 Å². The van der Waals surface area contributed by atoms with E-state index in [0.29, 0.717) is 17.9 Å². The molecule has 0 bridgehead atoms. The van der Waals surface area contributed by atoms with Crippen molar-refractivity contribution < 1.29 is 27.9 Å². The van der Waals surface area contributed by atoms with Crippen molar-refractivity contribution >= 4 is 27.9 Å². The van der Waals surface area contributed by atoms with Gasteiger partial charge in [0, 0.05) is 25.7 Å². The lowest BCUT2D eigenvalue weighted by Crippen LogP contribution is -2.60. The van der Waals surface area contributed by atoms with Gasteiger partial charge in [0.1, 0.15) is 12.1 Å². The van der Waals surface area contributed by atoms with E-state index in [-0.39, 0.29) is 36.8 Å². The van der Waals surface area contributed by atoms with Crippen molar-refractivity contribution in [3.63, 3.8) is 0 Å². The van der Waals surface area contributed by atoms with E-state index >= 15 is 0 Å². The maximum Gasteiger partial charge on any atom is 0.326 e. The highest BCUT2D eigenvalue weighted by molar-refractivity contribution is 7.89. The van der Waals surface area contributed by atoms with Crippen molar-refractivity contribution in [3.8, 4) is 0 Å². The highest BCUT2D eigenvalue weighted by Crippen LogP contribution is 2.35. The number of fused-ring (bicyclic) bond motifs is 1. The molecule has 0 unspecified atom stereocenters. The minimum absolute atomic E-state index is 0.0826. The number of carboxylic acids is 1. The second-order valence-electron chi connectivity index (χ2n) is 13.3. The van der Waals surface area contributed by atoms with Gasteiger partial charge in [-0.25, -0.2) is 18.0 Å². The van der Waals surface area contributed by atoms with Crippen molar-refractivity contribution in [1.29, 1.82) is 0 Å². The highest BCUT2D eigenvalue weighted by Gasteiger charge is 2.47. The van der Waals surface area contributed by atoms with E-state index in [1.54, 1.807) is 18.2 Å². The molecule has 0 spiro atoms. The van der Waals surface area contributed by atoms with Gasteiger partial charge in [0.2, 0.25) is 15.9 Å². The molecule has 1 aromatic rings. The third kappa shape index (κ3) is 6.71. The first-order valence-corrected chi connectivity index (χ1v) is 16.3. The average molecular weight is 591 g/mol. The molecule has 0 radical (unpaired) electrons. The largest absolute Gasteiger partial charge is 0.480 e. The van der Waals surface area contributed by atoms with Crippen LogP contribution in [0.1, 0.15) is 78.7 Å². The summed E-state index contributed by atoms with van der Waals surface area (Å²) in [5, 5.41) is 15.9. The maximum atomic E-state index is 14.0. The van der Waals surface area contributed by atoms with Crippen LogP contribution in [0.4, 0.5) is 4.79 Å². The molecule has 4 atom stereocenters. The normalized spacial score (nSPS) is 24.6. The fraction of sp³-hybridized carbons (Fsp3) is 0.700. The molecule has 1 saturated heterocycles. The van der Waals surface area contributed by atoms with E-state index in [9.17, 15) is 27.9 Å². The number of amides is 3. The third-order valence-corrected chi connectivity index (χ3v) is 11.1. The number of rotatable bonds is 8. The Bertz CT molecular complexity index is 1240. The lowest BCUT2D eigenvalue weighted by atomic mass is 9.83. The molecule has 41 heavy (non-hydrogen) atoms. The molecule has 11 heteroatoms. The van der Waals surface area contributed by atoms with Crippen LogP contribution in [-0.4, -0.2) is 71.9 Å². The van der Waals surface area contributed by atoms with E-state index in [4.69, 9.17) is 0 Å². The molecule has 3 N–H and O–H groups in total. The van der Waals surface area contributed by atoms with Crippen molar-refractivity contribution in [1.82, 2.24) is 19.8 Å². The number of nitrogens with one attached hydrogen (secondary N) is 2. The molecule has 3 aliphatic rings. The van der Waals surface area contributed by atoms with E-state index in [2.05, 4.69) is 10.6 Å². The van der Waals surface area contributed by atoms with Crippen molar-refractivity contribution in [2.75, 3.05) is 13.1 Å². The number of urea groups is 1. The number of carbonyl (C=O) groups excluding carboxylic acids is 2. The van der Waals surface area contributed by atoms with Gasteiger partial charge in [-0.2, -0.15) is 4.31 Å². The smallest absolute Gasteiger partial charge is 0.326 e. The topological polar surface area (TPSA) is 136 Å². The number of likely N-dealkylation sites (tertiary alicyclic amines) is 1. The Balaban J connectivity index is 1.52. The Hall–Kier alpha value is -2.66. The summed E-state index contributed by atoms with van der Waals surface area (Å²) in [5.41, 5.74) is 0.241. The Morgan fingerprint density at radius 2 is 1.68 bits per heavy atom. The summed E-state index contributed by atoms with van der Waals surface area (Å²) in [6, 6.07) is 4.06. The molecule has 2 aliphatic heterocycles. The molecule has 1 saturated carbocycles. The van der Waals surface area contributed by atoms with Gasteiger partial charge >= 0.3 is 12.0 Å². The molecule has 10 nitrogen and oxygen atoms in total. The van der Waals surface area contributed by atoms with Crippen LogP contribution in [-0.2, 0) is 26.2 Å². The van der Waals surface area contributed by atoms with E-state index < -0.39 is 45.6 Å². The molecule has 1 aromatic carbocycles. The summed E-state index contributed by atoms with van der Waals surface area (Å²) in [7, 11) is -3.68. The van der Waals surface area contributed by atoms with E-state index in [1.807, 2.05) is 40.7 Å². The first kappa shape index (κ1) is 31.3. The average Bonchev–Trinajstić information content (AvgIpc) is 3.46. The number of sulfonamides is 1. The molecular formula is C30H46N4O6S. The predicted molar refractivity (Wildman–Crippen MR) is 155 cm³/mol. The van der Waals surface area contributed by atoms with Gasteiger partial charge in [0.25, 0.3) is 0 Å². The van der Waals surface area contributed by atoms with Crippen LogP contribution in [0.25, 0.3) is 0 Å². The van der Waals surface area contributed by atoms with Crippen LogP contribution in [0.2, 0.25) is 0 Å². The predicted octanol–water partition coefficient (Wildman–Crippen LogP) is 3.81. The Morgan fingerprint density at radius 3 is 2.27 bits per heavy atom. The second-order valence-corrected chi connectivity index (χ2v) is 15.2. The number of benzene rings is 1. The number of carboxylic acid groups (broad SMARTS) is 1. The second kappa shape index (κ2) is 12.3. The molecular weight excluding hydrogens is 544 g/mol. The molecule has 4 rings (SSSR count). The number of carbonyl (C=O) groups is 3. The third-order valence-electron chi connectivity index (χ3n) is 9.19. The minimum atomic E-state index is -3.68. The highest BCUT2D eigenvalue weighted by atomic mass is 32.2. The molecule has 1 aliphatic carbocycles. The maximum absolute atomic E-state index is 14.0. The van der Waals surface area contributed by atoms with Crippen molar-refractivity contribution in [2.24, 2.45) is 23.2 Å². The van der Waals surface area contributed by atoms with Crippen LogP contribution in [0, 0.1) is 23.2 Å².